The zero-order chi connectivity index (χ0) is 13.7. The van der Waals surface area contributed by atoms with Gasteiger partial charge in [-0.05, 0) is 41.5 Å². The summed E-state index contributed by atoms with van der Waals surface area (Å²) in [6.45, 7) is 7.39. The number of halogens is 2. The summed E-state index contributed by atoms with van der Waals surface area (Å²) in [7, 11) is 0. The minimum atomic E-state index is -0.258. The Morgan fingerprint density at radius 1 is 1.44 bits per heavy atom. The Balaban J connectivity index is 2.83. The summed E-state index contributed by atoms with van der Waals surface area (Å²) in [5.74, 6) is 0.115. The number of nitrogens with two attached hydrogens (primary N) is 1. The molecular weight excluding hydrogens is 346 g/mol. The van der Waals surface area contributed by atoms with Crippen LogP contribution in [0.1, 0.15) is 20.8 Å². The number of anilines is 2. The molecule has 0 bridgehead atoms. The van der Waals surface area contributed by atoms with Gasteiger partial charge in [0.25, 0.3) is 0 Å². The van der Waals surface area contributed by atoms with E-state index >= 15 is 0 Å². The van der Waals surface area contributed by atoms with Gasteiger partial charge in [-0.15, -0.1) is 0 Å². The highest BCUT2D eigenvalue weighted by molar-refractivity contribution is 14.1. The Morgan fingerprint density at radius 2 is 2.11 bits per heavy atom. The van der Waals surface area contributed by atoms with Crippen LogP contribution in [0.2, 0.25) is 0 Å². The molecule has 0 saturated heterocycles. The fourth-order valence-electron chi connectivity index (χ4n) is 1.53. The molecule has 1 atom stereocenters. The van der Waals surface area contributed by atoms with Gasteiger partial charge >= 0.3 is 0 Å². The van der Waals surface area contributed by atoms with Crippen LogP contribution in [0.15, 0.2) is 12.1 Å². The lowest BCUT2D eigenvalue weighted by Crippen LogP contribution is -2.31. The van der Waals surface area contributed by atoms with Crippen molar-refractivity contribution in [3.05, 3.63) is 21.5 Å². The van der Waals surface area contributed by atoms with Crippen LogP contribution in [-0.4, -0.2) is 19.3 Å². The van der Waals surface area contributed by atoms with Crippen molar-refractivity contribution in [1.29, 1.82) is 0 Å². The number of benzene rings is 1. The second-order valence-corrected chi connectivity index (χ2v) is 5.67. The van der Waals surface area contributed by atoms with E-state index in [0.717, 1.165) is 0 Å². The number of hydrogen-bond donors (Lipinski definition) is 2. The minimum absolute atomic E-state index is 0.117. The lowest BCUT2D eigenvalue weighted by molar-refractivity contribution is 0.127. The van der Waals surface area contributed by atoms with Crippen LogP contribution in [0.5, 0.6) is 0 Å². The molecule has 1 aromatic rings. The molecule has 3 N–H and O–H groups in total. The zero-order valence-corrected chi connectivity index (χ0v) is 13.1. The van der Waals surface area contributed by atoms with Crippen LogP contribution >= 0.6 is 22.6 Å². The summed E-state index contributed by atoms with van der Waals surface area (Å²) >= 11 is 1.93. The summed E-state index contributed by atoms with van der Waals surface area (Å²) in [6.07, 6.45) is 0. The minimum Gasteiger partial charge on any atom is -0.397 e. The summed E-state index contributed by atoms with van der Waals surface area (Å²) in [5.41, 5.74) is 7.08. The zero-order valence-electron chi connectivity index (χ0n) is 11.0. The van der Waals surface area contributed by atoms with Crippen molar-refractivity contribution in [3.63, 3.8) is 0 Å². The van der Waals surface area contributed by atoms with Crippen molar-refractivity contribution in [1.82, 2.24) is 0 Å². The number of nitrogens with one attached hydrogen (secondary N) is 1. The predicted molar refractivity (Wildman–Crippen MR) is 82.3 cm³/mol. The van der Waals surface area contributed by atoms with Crippen LogP contribution in [0.3, 0.4) is 0 Å². The van der Waals surface area contributed by atoms with E-state index in [2.05, 4.69) is 19.2 Å². The largest absolute Gasteiger partial charge is 0.397 e. The fraction of sp³-hybridized carbons (Fsp3) is 0.538. The van der Waals surface area contributed by atoms with Crippen LogP contribution in [0, 0.1) is 15.3 Å². The van der Waals surface area contributed by atoms with Gasteiger partial charge < -0.3 is 15.8 Å². The molecule has 0 fully saturated rings. The van der Waals surface area contributed by atoms with Crippen molar-refractivity contribution in [2.75, 3.05) is 24.3 Å². The number of ether oxygens (including phenoxy) is 1. The Hall–Kier alpha value is -0.560. The van der Waals surface area contributed by atoms with Crippen molar-refractivity contribution in [2.24, 2.45) is 5.92 Å². The van der Waals surface area contributed by atoms with Crippen LogP contribution in [-0.2, 0) is 4.74 Å². The van der Waals surface area contributed by atoms with Gasteiger partial charge in [0.2, 0.25) is 0 Å². The highest BCUT2D eigenvalue weighted by atomic mass is 127. The third kappa shape index (κ3) is 4.28. The topological polar surface area (TPSA) is 47.3 Å². The van der Waals surface area contributed by atoms with E-state index < -0.39 is 0 Å². The van der Waals surface area contributed by atoms with Crippen molar-refractivity contribution in [2.45, 2.75) is 26.8 Å². The molecule has 1 rings (SSSR count). The summed E-state index contributed by atoms with van der Waals surface area (Å²) < 4.78 is 19.5. The van der Waals surface area contributed by atoms with Crippen molar-refractivity contribution < 1.29 is 9.13 Å². The van der Waals surface area contributed by atoms with E-state index in [1.54, 1.807) is 6.07 Å². The Morgan fingerprint density at radius 3 is 2.67 bits per heavy atom. The molecule has 0 heterocycles. The van der Waals surface area contributed by atoms with Crippen LogP contribution < -0.4 is 11.1 Å². The standard InChI is InChI=1S/C13H20FIN2O/c1-4-18-7-13(8(2)3)17-12-5-9(14)10(15)6-11(12)16/h5-6,8,13,17H,4,7,16H2,1-3H3. The van der Waals surface area contributed by atoms with Crippen LogP contribution in [0.4, 0.5) is 15.8 Å². The van der Waals surface area contributed by atoms with Crippen molar-refractivity contribution >= 4 is 34.0 Å². The first-order valence-corrected chi connectivity index (χ1v) is 7.12. The van der Waals surface area contributed by atoms with Gasteiger partial charge in [-0.1, -0.05) is 13.8 Å². The van der Waals surface area contributed by atoms with Gasteiger partial charge in [0, 0.05) is 12.7 Å². The Kier molecular flexibility index (Phi) is 6.14. The van der Waals surface area contributed by atoms with E-state index in [-0.39, 0.29) is 11.9 Å². The molecule has 5 heteroatoms. The Bertz CT molecular complexity index is 399. The first-order chi connectivity index (χ1) is 8.45. The smallest absolute Gasteiger partial charge is 0.138 e. The Labute approximate surface area is 121 Å². The second kappa shape index (κ2) is 7.13. The molecule has 0 aliphatic heterocycles. The van der Waals surface area contributed by atoms with E-state index in [4.69, 9.17) is 10.5 Å². The molecule has 0 aromatic heterocycles. The van der Waals surface area contributed by atoms with Gasteiger partial charge in [-0.3, -0.25) is 0 Å². The lowest BCUT2D eigenvalue weighted by Gasteiger charge is -2.24. The number of nitrogen functional groups attached to an aromatic ring is 1. The quantitative estimate of drug-likeness (QED) is 0.599. The molecule has 102 valence electrons. The van der Waals surface area contributed by atoms with E-state index in [9.17, 15) is 4.39 Å². The van der Waals surface area contributed by atoms with Gasteiger partial charge in [0.1, 0.15) is 5.82 Å². The lowest BCUT2D eigenvalue weighted by atomic mass is 10.0. The third-order valence-electron chi connectivity index (χ3n) is 2.74. The van der Waals surface area contributed by atoms with Gasteiger partial charge in [-0.2, -0.15) is 0 Å². The van der Waals surface area contributed by atoms with Gasteiger partial charge in [0.05, 0.1) is 27.6 Å². The molecule has 0 aliphatic carbocycles. The molecule has 0 radical (unpaired) electrons. The first kappa shape index (κ1) is 15.5. The van der Waals surface area contributed by atoms with E-state index in [1.807, 2.05) is 29.5 Å². The van der Waals surface area contributed by atoms with Crippen LogP contribution in [0.25, 0.3) is 0 Å². The molecular formula is C13H20FIN2O. The molecule has 0 aliphatic rings. The molecule has 18 heavy (non-hydrogen) atoms. The molecule has 1 unspecified atom stereocenters. The molecule has 1 aromatic carbocycles. The SMILES string of the molecule is CCOCC(Nc1cc(F)c(I)cc1N)C(C)C. The molecule has 0 spiro atoms. The average Bonchev–Trinajstić information content (AvgIpc) is 2.30. The summed E-state index contributed by atoms with van der Waals surface area (Å²) in [4.78, 5) is 0. The van der Waals surface area contributed by atoms with Crippen molar-refractivity contribution in [3.8, 4) is 0 Å². The second-order valence-electron chi connectivity index (χ2n) is 4.51. The number of hydrogen-bond acceptors (Lipinski definition) is 3. The number of rotatable bonds is 6. The highest BCUT2D eigenvalue weighted by Gasteiger charge is 2.15. The van der Waals surface area contributed by atoms with E-state index in [0.29, 0.717) is 34.1 Å². The highest BCUT2D eigenvalue weighted by Crippen LogP contribution is 2.25. The monoisotopic (exact) mass is 366 g/mol. The molecule has 0 saturated carbocycles. The normalized spacial score (nSPS) is 12.8. The van der Waals surface area contributed by atoms with E-state index in [1.165, 1.54) is 6.07 Å². The average molecular weight is 366 g/mol. The fourth-order valence-corrected chi connectivity index (χ4v) is 2.02. The summed E-state index contributed by atoms with van der Waals surface area (Å²) in [6, 6.07) is 3.20. The summed E-state index contributed by atoms with van der Waals surface area (Å²) in [5, 5.41) is 3.26. The van der Waals surface area contributed by atoms with Gasteiger partial charge in [-0.25, -0.2) is 4.39 Å². The van der Waals surface area contributed by atoms with Gasteiger partial charge in [0.15, 0.2) is 0 Å². The maximum atomic E-state index is 13.5. The maximum absolute atomic E-state index is 13.5. The first-order valence-electron chi connectivity index (χ1n) is 6.04. The predicted octanol–water partition coefficient (Wildman–Crippen LogP) is 3.49. The maximum Gasteiger partial charge on any atom is 0.138 e. The third-order valence-corrected chi connectivity index (χ3v) is 3.57. The molecule has 3 nitrogen and oxygen atoms in total. The molecule has 0 amide bonds.